The number of esters is 2. The molecule has 0 saturated heterocycles. The van der Waals surface area contributed by atoms with Crippen LogP contribution in [-0.2, 0) is 32.7 Å². The molecule has 0 aromatic carbocycles. The molecule has 0 heterocycles. The van der Waals surface area contributed by atoms with Crippen LogP contribution in [0.5, 0.6) is 0 Å². The summed E-state index contributed by atoms with van der Waals surface area (Å²) >= 11 is 0. The first-order valence-corrected chi connectivity index (χ1v) is 35.6. The van der Waals surface area contributed by atoms with Gasteiger partial charge in [-0.1, -0.05) is 332 Å². The van der Waals surface area contributed by atoms with E-state index >= 15 is 0 Å². The Morgan fingerprint density at radius 3 is 1.04 bits per heavy atom. The topological polar surface area (TPSA) is 134 Å². The van der Waals surface area contributed by atoms with Gasteiger partial charge in [0.05, 0.1) is 13.2 Å². The number of carbonyl (C=O) groups excluding carboxylic acids is 2. The minimum atomic E-state index is -4.39. The molecule has 3 N–H and O–H groups in total. The summed E-state index contributed by atoms with van der Waals surface area (Å²) in [6.07, 6.45) is 82.1. The van der Waals surface area contributed by atoms with E-state index in [0.29, 0.717) is 6.42 Å². The fourth-order valence-electron chi connectivity index (χ4n) is 10.2. The Balaban J connectivity index is 3.84. The van der Waals surface area contributed by atoms with E-state index < -0.39 is 26.5 Å². The van der Waals surface area contributed by atoms with Gasteiger partial charge in [-0.15, -0.1) is 0 Å². The number of hydrogen-bond acceptors (Lipinski definition) is 8. The zero-order valence-electron chi connectivity index (χ0n) is 52.1. The maximum absolute atomic E-state index is 12.7. The van der Waals surface area contributed by atoms with Crippen molar-refractivity contribution in [2.24, 2.45) is 5.73 Å². The molecular formula is C69H130NO8P. The van der Waals surface area contributed by atoms with Gasteiger partial charge in [-0.05, 0) is 51.4 Å². The zero-order chi connectivity index (χ0) is 57.3. The fraction of sp³-hybridized carbons (Fsp3) is 0.855. The van der Waals surface area contributed by atoms with Crippen LogP contribution < -0.4 is 5.73 Å². The smallest absolute Gasteiger partial charge is 0.462 e. The molecule has 0 fully saturated rings. The third-order valence-electron chi connectivity index (χ3n) is 15.2. The van der Waals surface area contributed by atoms with Crippen molar-refractivity contribution in [3.63, 3.8) is 0 Å². The molecule has 464 valence electrons. The molecular weight excluding hydrogens is 1000 g/mol. The average molecular weight is 1130 g/mol. The third-order valence-corrected chi connectivity index (χ3v) is 16.2. The second-order valence-electron chi connectivity index (χ2n) is 23.0. The van der Waals surface area contributed by atoms with E-state index in [1.165, 1.54) is 250 Å². The van der Waals surface area contributed by atoms with Crippen molar-refractivity contribution in [2.45, 2.75) is 354 Å². The van der Waals surface area contributed by atoms with Crippen LogP contribution >= 0.6 is 7.82 Å². The lowest BCUT2D eigenvalue weighted by Gasteiger charge is -2.19. The van der Waals surface area contributed by atoms with E-state index in [1.54, 1.807) is 0 Å². The van der Waals surface area contributed by atoms with Crippen LogP contribution in [0.15, 0.2) is 48.6 Å². The SMILES string of the molecule is CC/C=C\C/C=C\C/C=C\C/C=C\CCCCCCCCCCCCCCCCC(=O)OC(COC(=O)CCCCCCCCCCCCCCCCCCCCCCCCCCCCCCCCC)COP(=O)(O)OCCN. The maximum atomic E-state index is 12.7. The van der Waals surface area contributed by atoms with Crippen LogP contribution in [-0.4, -0.2) is 49.3 Å². The van der Waals surface area contributed by atoms with Crippen LogP contribution in [0.3, 0.4) is 0 Å². The first-order valence-electron chi connectivity index (χ1n) is 34.1. The molecule has 0 bridgehead atoms. The third kappa shape index (κ3) is 65.0. The lowest BCUT2D eigenvalue weighted by atomic mass is 10.0. The van der Waals surface area contributed by atoms with Crippen molar-refractivity contribution in [2.75, 3.05) is 26.4 Å². The van der Waals surface area contributed by atoms with Crippen molar-refractivity contribution in [3.05, 3.63) is 48.6 Å². The van der Waals surface area contributed by atoms with Gasteiger partial charge in [0, 0.05) is 19.4 Å². The number of phosphoric ester groups is 1. The molecule has 0 aromatic rings. The Hall–Kier alpha value is -2.03. The molecule has 0 aliphatic rings. The number of hydrogen-bond donors (Lipinski definition) is 2. The largest absolute Gasteiger partial charge is 0.472 e. The molecule has 0 aliphatic heterocycles. The van der Waals surface area contributed by atoms with Gasteiger partial charge in [-0.2, -0.15) is 0 Å². The summed E-state index contributed by atoms with van der Waals surface area (Å²) in [6, 6.07) is 0. The molecule has 0 rings (SSSR count). The van der Waals surface area contributed by atoms with Crippen molar-refractivity contribution < 1.29 is 37.6 Å². The summed E-state index contributed by atoms with van der Waals surface area (Å²) in [5.74, 6) is -0.810. The highest BCUT2D eigenvalue weighted by Gasteiger charge is 2.26. The second-order valence-corrected chi connectivity index (χ2v) is 24.5. The standard InChI is InChI=1S/C69H130NO8P/c1-3-5-7-9-11-13-15-17-19-21-23-25-27-29-31-32-33-34-36-37-39-41-43-45-47-49-51-53-55-57-59-61-68(71)75-65-67(66-77-79(73,74)76-64-63-70)78-69(72)62-60-58-56-54-52-50-48-46-44-42-40-38-35-30-28-26-24-22-20-18-16-14-12-10-8-6-4-2/h6,8,12,14,18,20,24,26,67H,3-5,7,9-11,13,15-17,19,21-23,25,27-66,70H2,1-2H3,(H,73,74)/b8-6-,14-12-,20-18-,26-24-. The number of allylic oxidation sites excluding steroid dienone is 8. The van der Waals surface area contributed by atoms with E-state index in [4.69, 9.17) is 24.3 Å². The molecule has 0 aromatic heterocycles. The minimum absolute atomic E-state index is 0.0545. The Morgan fingerprint density at radius 2 is 0.696 bits per heavy atom. The van der Waals surface area contributed by atoms with E-state index in [2.05, 4.69) is 62.5 Å². The predicted octanol–water partition coefficient (Wildman–Crippen LogP) is 22.1. The van der Waals surface area contributed by atoms with Crippen molar-refractivity contribution in [3.8, 4) is 0 Å². The van der Waals surface area contributed by atoms with E-state index in [9.17, 15) is 19.0 Å². The number of carbonyl (C=O) groups is 2. The normalized spacial score (nSPS) is 13.2. The molecule has 0 saturated carbocycles. The number of ether oxygens (including phenoxy) is 2. The van der Waals surface area contributed by atoms with E-state index in [0.717, 1.165) is 64.2 Å². The first-order chi connectivity index (χ1) is 38.8. The summed E-state index contributed by atoms with van der Waals surface area (Å²) in [4.78, 5) is 35.3. The van der Waals surface area contributed by atoms with Gasteiger partial charge in [-0.3, -0.25) is 18.6 Å². The predicted molar refractivity (Wildman–Crippen MR) is 340 cm³/mol. The van der Waals surface area contributed by atoms with Crippen LogP contribution in [0.1, 0.15) is 348 Å². The summed E-state index contributed by atoms with van der Waals surface area (Å²) < 4.78 is 33.2. The van der Waals surface area contributed by atoms with Gasteiger partial charge >= 0.3 is 19.8 Å². The summed E-state index contributed by atoms with van der Waals surface area (Å²) in [5.41, 5.74) is 5.40. The Kier molecular flexibility index (Phi) is 63.5. The zero-order valence-corrected chi connectivity index (χ0v) is 53.0. The van der Waals surface area contributed by atoms with Gasteiger partial charge in [0.2, 0.25) is 0 Å². The maximum Gasteiger partial charge on any atom is 0.472 e. The number of unbranched alkanes of at least 4 members (excludes halogenated alkanes) is 44. The lowest BCUT2D eigenvalue weighted by molar-refractivity contribution is -0.161. The molecule has 9 nitrogen and oxygen atoms in total. The summed E-state index contributed by atoms with van der Waals surface area (Å²) in [5, 5.41) is 0. The molecule has 0 spiro atoms. The summed E-state index contributed by atoms with van der Waals surface area (Å²) in [7, 11) is -4.39. The molecule has 0 aliphatic carbocycles. The van der Waals surface area contributed by atoms with Gasteiger partial charge in [0.1, 0.15) is 6.61 Å². The van der Waals surface area contributed by atoms with Crippen LogP contribution in [0.2, 0.25) is 0 Å². The van der Waals surface area contributed by atoms with Gasteiger partial charge in [-0.25, -0.2) is 4.57 Å². The molecule has 10 heteroatoms. The van der Waals surface area contributed by atoms with Crippen molar-refractivity contribution >= 4 is 19.8 Å². The van der Waals surface area contributed by atoms with Gasteiger partial charge in [0.15, 0.2) is 6.10 Å². The quantitative estimate of drug-likeness (QED) is 0.0264. The molecule has 0 radical (unpaired) electrons. The van der Waals surface area contributed by atoms with Gasteiger partial charge < -0.3 is 20.1 Å². The fourth-order valence-corrected chi connectivity index (χ4v) is 11.0. The monoisotopic (exact) mass is 1130 g/mol. The Bertz CT molecular complexity index is 1430. The lowest BCUT2D eigenvalue weighted by Crippen LogP contribution is -2.29. The van der Waals surface area contributed by atoms with Crippen molar-refractivity contribution in [1.82, 2.24) is 0 Å². The first kappa shape index (κ1) is 77.0. The Labute approximate surface area is 489 Å². The van der Waals surface area contributed by atoms with Crippen LogP contribution in [0, 0.1) is 0 Å². The number of nitrogens with two attached hydrogens (primary N) is 1. The minimum Gasteiger partial charge on any atom is -0.462 e. The van der Waals surface area contributed by atoms with Crippen molar-refractivity contribution in [1.29, 1.82) is 0 Å². The highest BCUT2D eigenvalue weighted by atomic mass is 31.2. The van der Waals surface area contributed by atoms with E-state index in [-0.39, 0.29) is 38.6 Å². The second kappa shape index (κ2) is 65.1. The summed E-state index contributed by atoms with van der Waals surface area (Å²) in [6.45, 7) is 3.70. The average Bonchev–Trinajstić information content (AvgIpc) is 3.44. The van der Waals surface area contributed by atoms with E-state index in [1.807, 2.05) is 0 Å². The number of phosphoric acid groups is 1. The molecule has 79 heavy (non-hydrogen) atoms. The highest BCUT2D eigenvalue weighted by Crippen LogP contribution is 2.43. The molecule has 2 unspecified atom stereocenters. The number of rotatable bonds is 65. The van der Waals surface area contributed by atoms with Gasteiger partial charge in [0.25, 0.3) is 0 Å². The van der Waals surface area contributed by atoms with Crippen LogP contribution in [0.25, 0.3) is 0 Å². The van der Waals surface area contributed by atoms with Crippen LogP contribution in [0.4, 0.5) is 0 Å². The highest BCUT2D eigenvalue weighted by molar-refractivity contribution is 7.47. The Morgan fingerprint density at radius 1 is 0.392 bits per heavy atom. The molecule has 2 atom stereocenters. The molecule has 0 amide bonds.